The van der Waals surface area contributed by atoms with Gasteiger partial charge in [0.25, 0.3) is 6.43 Å². The smallest absolute Gasteiger partial charge is 0.263 e. The van der Waals surface area contributed by atoms with Gasteiger partial charge in [0.1, 0.15) is 0 Å². The zero-order valence-electron chi connectivity index (χ0n) is 7.35. The number of hydrogen-bond donors (Lipinski definition) is 2. The Hall–Kier alpha value is -1.16. The van der Waals surface area contributed by atoms with E-state index in [1.165, 1.54) is 12.1 Å². The summed E-state index contributed by atoms with van der Waals surface area (Å²) in [6.07, 6.45) is -1.68. The minimum Gasteiger partial charge on any atom is -0.324 e. The van der Waals surface area contributed by atoms with Crippen LogP contribution >= 0.6 is 0 Å². The zero-order valence-corrected chi connectivity index (χ0v) is 7.35. The molecule has 0 aromatic heterocycles. The summed E-state index contributed by atoms with van der Waals surface area (Å²) in [7, 11) is 0. The maximum absolute atomic E-state index is 12.3. The Bertz CT molecular complexity index is 287. The lowest BCUT2D eigenvalue weighted by molar-refractivity contribution is 0.151. The zero-order chi connectivity index (χ0) is 9.84. The molecule has 0 aliphatic heterocycles. The predicted octanol–water partition coefficient (Wildman–Crippen LogP) is 2.47. The molecule has 3 N–H and O–H groups in total. The van der Waals surface area contributed by atoms with Gasteiger partial charge < -0.3 is 5.43 Å². The third kappa shape index (κ3) is 2.15. The van der Waals surface area contributed by atoms with E-state index in [9.17, 15) is 8.78 Å². The number of alkyl halides is 2. The van der Waals surface area contributed by atoms with Crippen LogP contribution in [0, 0.1) is 0 Å². The minimum absolute atomic E-state index is 0.00912. The normalized spacial score (nSPS) is 10.5. The average molecular weight is 186 g/mol. The monoisotopic (exact) mass is 186 g/mol. The first kappa shape index (κ1) is 9.92. The third-order valence-corrected chi connectivity index (χ3v) is 1.92. The third-order valence-electron chi connectivity index (χ3n) is 1.92. The molecule has 0 saturated heterocycles. The fraction of sp³-hybridized carbons (Fsp3) is 0.333. The van der Waals surface area contributed by atoms with Crippen molar-refractivity contribution in [1.82, 2.24) is 0 Å². The number of rotatable bonds is 3. The lowest BCUT2D eigenvalue weighted by atomic mass is 10.1. The second kappa shape index (κ2) is 4.18. The van der Waals surface area contributed by atoms with E-state index < -0.39 is 6.43 Å². The summed E-state index contributed by atoms with van der Waals surface area (Å²) in [6.45, 7) is 1.94. The lowest BCUT2D eigenvalue weighted by Crippen LogP contribution is -2.09. The van der Waals surface area contributed by atoms with Crippen LogP contribution in [0.4, 0.5) is 14.5 Å². The first-order valence-corrected chi connectivity index (χ1v) is 4.06. The van der Waals surface area contributed by atoms with Crippen molar-refractivity contribution in [2.75, 3.05) is 5.43 Å². The van der Waals surface area contributed by atoms with E-state index in [1.807, 2.05) is 6.92 Å². The van der Waals surface area contributed by atoms with Gasteiger partial charge in [-0.2, -0.15) is 0 Å². The Morgan fingerprint density at radius 1 is 1.46 bits per heavy atom. The van der Waals surface area contributed by atoms with Gasteiger partial charge in [-0.3, -0.25) is 5.84 Å². The number of halogens is 2. The van der Waals surface area contributed by atoms with Crippen LogP contribution in [0.1, 0.15) is 24.5 Å². The first-order valence-electron chi connectivity index (χ1n) is 4.06. The van der Waals surface area contributed by atoms with Crippen LogP contribution in [0.3, 0.4) is 0 Å². The lowest BCUT2D eigenvalue weighted by Gasteiger charge is -2.08. The second-order valence-electron chi connectivity index (χ2n) is 2.72. The standard InChI is InChI=1S/C9H12F2N2/c1-2-6-3-4-7(9(10)11)5-8(6)13-12/h3-5,9,13H,2,12H2,1H3. The highest BCUT2D eigenvalue weighted by Crippen LogP contribution is 2.24. The van der Waals surface area contributed by atoms with Gasteiger partial charge in [-0.15, -0.1) is 0 Å². The Kier molecular flexibility index (Phi) is 3.19. The maximum Gasteiger partial charge on any atom is 0.263 e. The first-order chi connectivity index (χ1) is 6.19. The Labute approximate surface area is 75.7 Å². The Balaban J connectivity index is 3.05. The minimum atomic E-state index is -2.45. The van der Waals surface area contributed by atoms with Crippen LogP contribution in [-0.4, -0.2) is 0 Å². The highest BCUT2D eigenvalue weighted by molar-refractivity contribution is 5.52. The van der Waals surface area contributed by atoms with E-state index in [1.54, 1.807) is 6.07 Å². The van der Waals surface area contributed by atoms with E-state index in [4.69, 9.17) is 5.84 Å². The van der Waals surface area contributed by atoms with Crippen LogP contribution in [0.15, 0.2) is 18.2 Å². The maximum atomic E-state index is 12.3. The van der Waals surface area contributed by atoms with Crippen LogP contribution in [-0.2, 0) is 6.42 Å². The number of nitrogens with one attached hydrogen (secondary N) is 1. The number of nitrogens with two attached hydrogens (primary N) is 1. The molecule has 0 bridgehead atoms. The summed E-state index contributed by atoms with van der Waals surface area (Å²) in [6, 6.07) is 4.46. The van der Waals surface area contributed by atoms with Crippen LogP contribution in [0.5, 0.6) is 0 Å². The largest absolute Gasteiger partial charge is 0.324 e. The molecular weight excluding hydrogens is 174 g/mol. The van der Waals surface area contributed by atoms with Gasteiger partial charge in [-0.05, 0) is 18.1 Å². The predicted molar refractivity (Wildman–Crippen MR) is 48.6 cm³/mol. The number of aryl methyl sites for hydroxylation is 1. The Morgan fingerprint density at radius 2 is 2.15 bits per heavy atom. The average Bonchev–Trinajstić information content (AvgIpc) is 2.16. The molecule has 1 aromatic rings. The van der Waals surface area contributed by atoms with Crippen molar-refractivity contribution in [3.05, 3.63) is 29.3 Å². The molecule has 0 radical (unpaired) electrons. The second-order valence-corrected chi connectivity index (χ2v) is 2.72. The molecule has 1 aromatic carbocycles. The molecule has 0 aliphatic carbocycles. The van der Waals surface area contributed by atoms with Gasteiger partial charge in [-0.1, -0.05) is 19.1 Å². The fourth-order valence-electron chi connectivity index (χ4n) is 1.17. The van der Waals surface area contributed by atoms with E-state index in [2.05, 4.69) is 5.43 Å². The molecule has 0 saturated carbocycles. The van der Waals surface area contributed by atoms with E-state index in [0.717, 1.165) is 12.0 Å². The van der Waals surface area contributed by atoms with Gasteiger partial charge in [0.2, 0.25) is 0 Å². The van der Waals surface area contributed by atoms with Crippen molar-refractivity contribution in [2.24, 2.45) is 5.84 Å². The SMILES string of the molecule is CCc1ccc(C(F)F)cc1NN. The number of hydrogen-bond acceptors (Lipinski definition) is 2. The summed E-state index contributed by atoms with van der Waals surface area (Å²) in [5.41, 5.74) is 3.91. The molecule has 1 rings (SSSR count). The van der Waals surface area contributed by atoms with Crippen molar-refractivity contribution in [3.8, 4) is 0 Å². The van der Waals surface area contributed by atoms with Crippen molar-refractivity contribution in [1.29, 1.82) is 0 Å². The van der Waals surface area contributed by atoms with E-state index >= 15 is 0 Å². The van der Waals surface area contributed by atoms with E-state index in [0.29, 0.717) is 5.69 Å². The van der Waals surface area contributed by atoms with Gasteiger partial charge in [-0.25, -0.2) is 8.78 Å². The molecule has 0 fully saturated rings. The highest BCUT2D eigenvalue weighted by atomic mass is 19.3. The summed E-state index contributed by atoms with van der Waals surface area (Å²) >= 11 is 0. The Morgan fingerprint density at radius 3 is 2.62 bits per heavy atom. The molecule has 2 nitrogen and oxygen atoms in total. The molecule has 72 valence electrons. The molecule has 0 amide bonds. The summed E-state index contributed by atoms with van der Waals surface area (Å²) in [4.78, 5) is 0. The summed E-state index contributed by atoms with van der Waals surface area (Å²) in [5.74, 6) is 5.20. The molecule has 13 heavy (non-hydrogen) atoms. The van der Waals surface area contributed by atoms with Gasteiger partial charge in [0, 0.05) is 5.56 Å². The van der Waals surface area contributed by atoms with Crippen molar-refractivity contribution < 1.29 is 8.78 Å². The molecule has 0 unspecified atom stereocenters. The highest BCUT2D eigenvalue weighted by Gasteiger charge is 2.08. The summed E-state index contributed by atoms with van der Waals surface area (Å²) in [5, 5.41) is 0. The van der Waals surface area contributed by atoms with Crippen LogP contribution in [0.25, 0.3) is 0 Å². The molecule has 0 heterocycles. The van der Waals surface area contributed by atoms with Crippen molar-refractivity contribution in [2.45, 2.75) is 19.8 Å². The molecule has 0 aliphatic rings. The van der Waals surface area contributed by atoms with Crippen molar-refractivity contribution in [3.63, 3.8) is 0 Å². The number of anilines is 1. The fourth-order valence-corrected chi connectivity index (χ4v) is 1.17. The molecule has 0 spiro atoms. The number of nitrogen functional groups attached to an aromatic ring is 1. The molecule has 0 atom stereocenters. The van der Waals surface area contributed by atoms with Gasteiger partial charge in [0.05, 0.1) is 5.69 Å². The molecular formula is C9H12F2N2. The van der Waals surface area contributed by atoms with Gasteiger partial charge in [0.15, 0.2) is 0 Å². The molecule has 4 heteroatoms. The summed E-state index contributed by atoms with van der Waals surface area (Å²) < 4.78 is 24.5. The van der Waals surface area contributed by atoms with Crippen molar-refractivity contribution >= 4 is 5.69 Å². The van der Waals surface area contributed by atoms with Crippen LogP contribution < -0.4 is 11.3 Å². The van der Waals surface area contributed by atoms with Gasteiger partial charge >= 0.3 is 0 Å². The topological polar surface area (TPSA) is 38.0 Å². The van der Waals surface area contributed by atoms with E-state index in [-0.39, 0.29) is 5.56 Å². The quantitative estimate of drug-likeness (QED) is 0.562. The van der Waals surface area contributed by atoms with Crippen LogP contribution in [0.2, 0.25) is 0 Å². The number of hydrazine groups is 1. The number of benzene rings is 1.